The Balaban J connectivity index is 2.37. The molecule has 0 aliphatic carbocycles. The molecule has 0 aliphatic rings. The van der Waals surface area contributed by atoms with Crippen molar-refractivity contribution in [3.63, 3.8) is 0 Å². The van der Waals surface area contributed by atoms with Gasteiger partial charge >= 0.3 is 0 Å². The summed E-state index contributed by atoms with van der Waals surface area (Å²) in [5.74, 6) is 6.38. The van der Waals surface area contributed by atoms with Gasteiger partial charge in [-0.25, -0.2) is 15.4 Å². The summed E-state index contributed by atoms with van der Waals surface area (Å²) in [4.78, 5) is 8.97. The maximum atomic E-state index is 5.57. The van der Waals surface area contributed by atoms with Crippen molar-refractivity contribution in [1.82, 2.24) is 15.4 Å². The van der Waals surface area contributed by atoms with Gasteiger partial charge in [-0.3, -0.25) is 5.84 Å². The molecule has 84 valence electrons. The molecule has 0 aromatic carbocycles. The van der Waals surface area contributed by atoms with E-state index in [1.165, 1.54) is 6.33 Å². The minimum absolute atomic E-state index is 0.142. The predicted octanol–water partition coefficient (Wildman–Crippen LogP) is 1.10. The average Bonchev–Trinajstić information content (AvgIpc) is 2.80. The number of rotatable bonds is 4. The fraction of sp³-hybridized carbons (Fsp3) is 0.200. The van der Waals surface area contributed by atoms with Crippen molar-refractivity contribution in [2.24, 2.45) is 5.84 Å². The Labute approximate surface area is 97.3 Å². The molecule has 3 N–H and O–H groups in total. The topological polar surface area (TPSA) is 73.1 Å². The van der Waals surface area contributed by atoms with E-state index in [0.717, 1.165) is 16.2 Å². The van der Waals surface area contributed by atoms with Crippen LogP contribution >= 0.6 is 11.3 Å². The van der Waals surface area contributed by atoms with E-state index >= 15 is 0 Å². The van der Waals surface area contributed by atoms with Crippen molar-refractivity contribution in [3.05, 3.63) is 40.6 Å². The van der Waals surface area contributed by atoms with E-state index in [0.29, 0.717) is 0 Å². The van der Waals surface area contributed by atoms with Crippen LogP contribution < -0.4 is 16.0 Å². The van der Waals surface area contributed by atoms with Crippen LogP contribution in [0.2, 0.25) is 0 Å². The van der Waals surface area contributed by atoms with E-state index in [-0.39, 0.29) is 6.04 Å². The summed E-state index contributed by atoms with van der Waals surface area (Å²) in [6.07, 6.45) is 4.95. The van der Waals surface area contributed by atoms with Crippen molar-refractivity contribution >= 4 is 11.3 Å². The normalized spacial score (nSPS) is 12.4. The Kier molecular flexibility index (Phi) is 3.45. The number of nitrogens with two attached hydrogens (primary N) is 1. The first kappa shape index (κ1) is 11.0. The van der Waals surface area contributed by atoms with Gasteiger partial charge in [0.05, 0.1) is 18.0 Å². The first-order valence-electron chi connectivity index (χ1n) is 4.69. The lowest BCUT2D eigenvalue weighted by atomic mass is 10.1. The molecule has 0 bridgehead atoms. The van der Waals surface area contributed by atoms with E-state index in [2.05, 4.69) is 15.4 Å². The quantitative estimate of drug-likeness (QED) is 0.614. The Morgan fingerprint density at radius 2 is 2.19 bits per heavy atom. The summed E-state index contributed by atoms with van der Waals surface area (Å²) >= 11 is 1.58. The highest BCUT2D eigenvalue weighted by Crippen LogP contribution is 2.33. The molecule has 0 amide bonds. The Bertz CT molecular complexity index is 445. The minimum Gasteiger partial charge on any atom is -0.496 e. The fourth-order valence-corrected chi connectivity index (χ4v) is 2.42. The molecule has 5 nitrogen and oxygen atoms in total. The van der Waals surface area contributed by atoms with Crippen molar-refractivity contribution in [1.29, 1.82) is 0 Å². The molecule has 0 radical (unpaired) electrons. The van der Waals surface area contributed by atoms with Crippen molar-refractivity contribution in [2.75, 3.05) is 7.11 Å². The lowest BCUT2D eigenvalue weighted by molar-refractivity contribution is 0.407. The zero-order valence-corrected chi connectivity index (χ0v) is 9.57. The number of ether oxygens (including phenoxy) is 1. The van der Waals surface area contributed by atoms with Crippen LogP contribution in [0.4, 0.5) is 0 Å². The standard InChI is InChI=1S/C10H12N4OS/c1-15-8-2-3-16-10(8)9(14-11)7-4-12-6-13-5-7/h2-6,9,14H,11H2,1H3. The van der Waals surface area contributed by atoms with E-state index in [4.69, 9.17) is 10.6 Å². The summed E-state index contributed by atoms with van der Waals surface area (Å²) < 4.78 is 5.26. The number of hydrogen-bond donors (Lipinski definition) is 2. The lowest BCUT2D eigenvalue weighted by Gasteiger charge is -2.15. The number of hydrogen-bond acceptors (Lipinski definition) is 6. The minimum atomic E-state index is -0.142. The molecule has 0 saturated heterocycles. The second-order valence-electron chi connectivity index (χ2n) is 3.12. The molecular weight excluding hydrogens is 224 g/mol. The van der Waals surface area contributed by atoms with Crippen molar-refractivity contribution < 1.29 is 4.74 Å². The third-order valence-corrected chi connectivity index (χ3v) is 3.18. The molecule has 0 spiro atoms. The zero-order valence-electron chi connectivity index (χ0n) is 8.75. The molecule has 6 heteroatoms. The first-order valence-corrected chi connectivity index (χ1v) is 5.57. The van der Waals surface area contributed by atoms with Crippen LogP contribution in [0.15, 0.2) is 30.2 Å². The second kappa shape index (κ2) is 5.02. The molecule has 0 fully saturated rings. The van der Waals surface area contributed by atoms with Crippen LogP contribution in [-0.2, 0) is 0 Å². The van der Waals surface area contributed by atoms with Crippen LogP contribution in [0.1, 0.15) is 16.5 Å². The molecule has 0 aliphatic heterocycles. The summed E-state index contributed by atoms with van der Waals surface area (Å²) in [6.45, 7) is 0. The predicted molar refractivity (Wildman–Crippen MR) is 62.1 cm³/mol. The third kappa shape index (κ3) is 2.04. The molecule has 1 unspecified atom stereocenters. The maximum absolute atomic E-state index is 5.57. The van der Waals surface area contributed by atoms with Crippen molar-refractivity contribution in [2.45, 2.75) is 6.04 Å². The Morgan fingerprint density at radius 3 is 2.81 bits per heavy atom. The SMILES string of the molecule is COc1ccsc1C(NN)c1cncnc1. The largest absolute Gasteiger partial charge is 0.496 e. The van der Waals surface area contributed by atoms with Gasteiger partial charge in [0.1, 0.15) is 12.1 Å². The van der Waals surface area contributed by atoms with Gasteiger partial charge in [-0.05, 0) is 11.4 Å². The number of methoxy groups -OCH3 is 1. The molecule has 2 rings (SSSR count). The number of hydrazine groups is 1. The highest BCUT2D eigenvalue weighted by molar-refractivity contribution is 7.10. The van der Waals surface area contributed by atoms with E-state index in [9.17, 15) is 0 Å². The van der Waals surface area contributed by atoms with Gasteiger partial charge in [-0.15, -0.1) is 11.3 Å². The van der Waals surface area contributed by atoms with Gasteiger partial charge in [-0.1, -0.05) is 0 Å². The number of nitrogens with zero attached hydrogens (tertiary/aromatic N) is 2. The summed E-state index contributed by atoms with van der Waals surface area (Å²) in [7, 11) is 1.64. The number of thiophene rings is 1. The van der Waals surface area contributed by atoms with E-state index in [1.807, 2.05) is 11.4 Å². The number of aromatic nitrogens is 2. The van der Waals surface area contributed by atoms with Crippen LogP contribution in [0.25, 0.3) is 0 Å². The van der Waals surface area contributed by atoms with Gasteiger partial charge in [0.15, 0.2) is 0 Å². The average molecular weight is 236 g/mol. The smallest absolute Gasteiger partial charge is 0.134 e. The lowest BCUT2D eigenvalue weighted by Crippen LogP contribution is -2.28. The van der Waals surface area contributed by atoms with E-state index < -0.39 is 0 Å². The van der Waals surface area contributed by atoms with Gasteiger partial charge in [0.25, 0.3) is 0 Å². The Hall–Kier alpha value is -1.50. The highest BCUT2D eigenvalue weighted by Gasteiger charge is 2.18. The maximum Gasteiger partial charge on any atom is 0.134 e. The van der Waals surface area contributed by atoms with Crippen LogP contribution in [0.5, 0.6) is 5.75 Å². The second-order valence-corrected chi connectivity index (χ2v) is 4.07. The summed E-state index contributed by atoms with van der Waals surface area (Å²) in [5.41, 5.74) is 3.65. The molecule has 0 saturated carbocycles. The first-order chi connectivity index (χ1) is 7.86. The van der Waals surface area contributed by atoms with Crippen LogP contribution in [0, 0.1) is 0 Å². The van der Waals surface area contributed by atoms with Gasteiger partial charge in [0, 0.05) is 18.0 Å². The molecule has 1 atom stereocenters. The molecule has 2 heterocycles. The van der Waals surface area contributed by atoms with E-state index in [1.54, 1.807) is 30.8 Å². The molecule has 2 aromatic heterocycles. The van der Waals surface area contributed by atoms with Crippen LogP contribution in [-0.4, -0.2) is 17.1 Å². The van der Waals surface area contributed by atoms with Crippen molar-refractivity contribution in [3.8, 4) is 5.75 Å². The van der Waals surface area contributed by atoms with Gasteiger partial charge in [0.2, 0.25) is 0 Å². The van der Waals surface area contributed by atoms with Gasteiger partial charge in [-0.2, -0.15) is 0 Å². The fourth-order valence-electron chi connectivity index (χ4n) is 1.47. The monoisotopic (exact) mass is 236 g/mol. The summed E-state index contributed by atoms with van der Waals surface area (Å²) in [6, 6.07) is 1.77. The number of nitrogens with one attached hydrogen (secondary N) is 1. The highest BCUT2D eigenvalue weighted by atomic mass is 32.1. The van der Waals surface area contributed by atoms with Crippen LogP contribution in [0.3, 0.4) is 0 Å². The molecule has 16 heavy (non-hydrogen) atoms. The summed E-state index contributed by atoms with van der Waals surface area (Å²) in [5, 5.41) is 1.96. The molecular formula is C10H12N4OS. The third-order valence-electron chi connectivity index (χ3n) is 2.22. The zero-order chi connectivity index (χ0) is 11.4. The Morgan fingerprint density at radius 1 is 1.44 bits per heavy atom. The molecule has 2 aromatic rings. The van der Waals surface area contributed by atoms with Gasteiger partial charge < -0.3 is 4.74 Å².